The van der Waals surface area contributed by atoms with Gasteiger partial charge in [0.1, 0.15) is 10.6 Å². The number of carbonyl (C=O) groups excluding carboxylic acids is 3. The fourth-order valence-corrected chi connectivity index (χ4v) is 3.58. The van der Waals surface area contributed by atoms with Gasteiger partial charge in [-0.1, -0.05) is 36.4 Å². The summed E-state index contributed by atoms with van der Waals surface area (Å²) < 4.78 is 5.45. The Balaban J connectivity index is 1.89. The maximum atomic E-state index is 13.0. The van der Waals surface area contributed by atoms with Crippen LogP contribution in [0.1, 0.15) is 43.5 Å². The van der Waals surface area contributed by atoms with Crippen molar-refractivity contribution < 1.29 is 24.0 Å². The third kappa shape index (κ3) is 5.20. The molecule has 0 saturated heterocycles. The smallest absolute Gasteiger partial charge is 0.349 e. The Morgan fingerprint density at radius 2 is 1.71 bits per heavy atom. The number of rotatable bonds is 7. The molecule has 0 saturated carbocycles. The number of thiophene rings is 1. The van der Waals surface area contributed by atoms with E-state index in [4.69, 9.17) is 4.74 Å². The highest BCUT2D eigenvalue weighted by Gasteiger charge is 2.28. The SMILES string of the molecule is CC(=O)c1ccc(C(=O)OC(C(=O)Nc2ccc(C)cc2[N+](=O)[O-])c2ccccc2)s1. The highest BCUT2D eigenvalue weighted by molar-refractivity contribution is 7.15. The van der Waals surface area contributed by atoms with Gasteiger partial charge in [0.2, 0.25) is 6.10 Å². The van der Waals surface area contributed by atoms with E-state index in [9.17, 15) is 24.5 Å². The standard InChI is InChI=1S/C22H18N2O6S/c1-13-8-9-16(17(12-13)24(28)29)23-21(26)20(15-6-4-3-5-7-15)30-22(27)19-11-10-18(31-19)14(2)25/h3-12,20H,1-2H3,(H,23,26). The van der Waals surface area contributed by atoms with Crippen LogP contribution in [0.2, 0.25) is 0 Å². The van der Waals surface area contributed by atoms with Crippen molar-refractivity contribution in [3.63, 3.8) is 0 Å². The number of ether oxygens (including phenoxy) is 1. The maximum Gasteiger partial charge on any atom is 0.349 e. The van der Waals surface area contributed by atoms with Crippen LogP contribution in [0.25, 0.3) is 0 Å². The van der Waals surface area contributed by atoms with Gasteiger partial charge in [0.05, 0.1) is 9.80 Å². The third-order valence-electron chi connectivity index (χ3n) is 4.33. The molecule has 3 aromatic rings. The van der Waals surface area contributed by atoms with Crippen LogP contribution < -0.4 is 5.32 Å². The number of anilines is 1. The number of hydrogen-bond donors (Lipinski definition) is 1. The molecule has 1 unspecified atom stereocenters. The minimum atomic E-state index is -1.35. The predicted octanol–water partition coefficient (Wildman–Crippen LogP) is 4.70. The van der Waals surface area contributed by atoms with Crippen LogP contribution >= 0.6 is 11.3 Å². The molecule has 31 heavy (non-hydrogen) atoms. The van der Waals surface area contributed by atoms with E-state index in [1.54, 1.807) is 43.3 Å². The summed E-state index contributed by atoms with van der Waals surface area (Å²) in [7, 11) is 0. The minimum absolute atomic E-state index is 0.00688. The van der Waals surface area contributed by atoms with Crippen LogP contribution in [0.4, 0.5) is 11.4 Å². The molecule has 0 bridgehead atoms. The van der Waals surface area contributed by atoms with Gasteiger partial charge in [0, 0.05) is 11.6 Å². The second kappa shape index (κ2) is 9.31. The second-order valence-electron chi connectivity index (χ2n) is 6.68. The molecule has 8 nitrogen and oxygen atoms in total. The van der Waals surface area contributed by atoms with Gasteiger partial charge in [0.15, 0.2) is 5.78 Å². The highest BCUT2D eigenvalue weighted by atomic mass is 32.1. The summed E-state index contributed by atoms with van der Waals surface area (Å²) in [6.45, 7) is 3.08. The molecule has 158 valence electrons. The number of nitro benzene ring substituents is 1. The Kier molecular flexibility index (Phi) is 6.56. The van der Waals surface area contributed by atoms with Gasteiger partial charge in [-0.05, 0) is 37.6 Å². The summed E-state index contributed by atoms with van der Waals surface area (Å²) in [6, 6.07) is 15.7. The number of aryl methyl sites for hydroxylation is 1. The van der Waals surface area contributed by atoms with E-state index >= 15 is 0 Å². The van der Waals surface area contributed by atoms with Crippen molar-refractivity contribution in [2.24, 2.45) is 0 Å². The number of ketones is 1. The van der Waals surface area contributed by atoms with Crippen LogP contribution in [-0.2, 0) is 9.53 Å². The summed E-state index contributed by atoms with van der Waals surface area (Å²) in [5.74, 6) is -1.71. The number of amides is 1. The number of nitro groups is 1. The van der Waals surface area contributed by atoms with Gasteiger partial charge in [-0.3, -0.25) is 19.7 Å². The number of nitrogens with zero attached hydrogens (tertiary/aromatic N) is 1. The molecule has 9 heteroatoms. The van der Waals surface area contributed by atoms with Crippen molar-refractivity contribution in [1.82, 2.24) is 0 Å². The molecule has 1 aromatic heterocycles. The average Bonchev–Trinajstić information content (AvgIpc) is 3.24. The Morgan fingerprint density at radius 3 is 2.32 bits per heavy atom. The van der Waals surface area contributed by atoms with E-state index in [1.807, 2.05) is 0 Å². The summed E-state index contributed by atoms with van der Waals surface area (Å²) in [5, 5.41) is 13.8. The topological polar surface area (TPSA) is 116 Å². The lowest BCUT2D eigenvalue weighted by atomic mass is 10.1. The lowest BCUT2D eigenvalue weighted by Gasteiger charge is -2.18. The van der Waals surface area contributed by atoms with Gasteiger partial charge < -0.3 is 10.1 Å². The molecule has 3 rings (SSSR count). The summed E-state index contributed by atoms with van der Waals surface area (Å²) in [4.78, 5) is 48.4. The first kappa shape index (κ1) is 21.8. The highest BCUT2D eigenvalue weighted by Crippen LogP contribution is 2.29. The average molecular weight is 438 g/mol. The molecular weight excluding hydrogens is 420 g/mol. The Morgan fingerprint density at radius 1 is 1.03 bits per heavy atom. The van der Waals surface area contributed by atoms with Gasteiger partial charge in [-0.15, -0.1) is 11.3 Å². The molecule has 0 aliphatic heterocycles. The first-order valence-electron chi connectivity index (χ1n) is 9.19. The van der Waals surface area contributed by atoms with Gasteiger partial charge in [-0.2, -0.15) is 0 Å². The molecule has 1 heterocycles. The number of benzene rings is 2. The zero-order valence-electron chi connectivity index (χ0n) is 16.7. The lowest BCUT2D eigenvalue weighted by molar-refractivity contribution is -0.384. The predicted molar refractivity (Wildman–Crippen MR) is 115 cm³/mol. The number of hydrogen-bond acceptors (Lipinski definition) is 7. The van der Waals surface area contributed by atoms with E-state index in [1.165, 1.54) is 31.2 Å². The molecule has 2 aromatic carbocycles. The Hall–Kier alpha value is -3.85. The number of nitrogens with one attached hydrogen (secondary N) is 1. The summed E-state index contributed by atoms with van der Waals surface area (Å²) in [6.07, 6.45) is -1.35. The Labute approximate surface area is 181 Å². The van der Waals surface area contributed by atoms with Crippen LogP contribution in [0, 0.1) is 17.0 Å². The zero-order valence-corrected chi connectivity index (χ0v) is 17.5. The molecular formula is C22H18N2O6S. The molecule has 1 N–H and O–H groups in total. The van der Waals surface area contributed by atoms with Gasteiger partial charge in [0.25, 0.3) is 11.6 Å². The molecule has 0 radical (unpaired) electrons. The zero-order chi connectivity index (χ0) is 22.5. The van der Waals surface area contributed by atoms with E-state index in [0.717, 1.165) is 11.3 Å². The monoisotopic (exact) mass is 438 g/mol. The van der Waals surface area contributed by atoms with E-state index in [0.29, 0.717) is 16.0 Å². The first-order valence-corrected chi connectivity index (χ1v) is 10.0. The van der Waals surface area contributed by atoms with Crippen LogP contribution in [0.5, 0.6) is 0 Å². The number of esters is 1. The van der Waals surface area contributed by atoms with Crippen molar-refractivity contribution in [3.05, 3.63) is 91.7 Å². The van der Waals surface area contributed by atoms with E-state index in [-0.39, 0.29) is 22.0 Å². The fraction of sp³-hybridized carbons (Fsp3) is 0.136. The largest absolute Gasteiger partial charge is 0.443 e. The summed E-state index contributed by atoms with van der Waals surface area (Å²) in [5.41, 5.74) is 0.782. The van der Waals surface area contributed by atoms with Crippen molar-refractivity contribution in [2.75, 3.05) is 5.32 Å². The summed E-state index contributed by atoms with van der Waals surface area (Å²) >= 11 is 0.965. The molecule has 0 fully saturated rings. The van der Waals surface area contributed by atoms with Gasteiger partial charge >= 0.3 is 5.97 Å². The third-order valence-corrected chi connectivity index (χ3v) is 5.49. The van der Waals surface area contributed by atoms with Crippen LogP contribution in [0.3, 0.4) is 0 Å². The van der Waals surface area contributed by atoms with E-state index < -0.39 is 22.9 Å². The normalized spacial score (nSPS) is 11.4. The second-order valence-corrected chi connectivity index (χ2v) is 7.77. The van der Waals surface area contributed by atoms with Gasteiger partial charge in [-0.25, -0.2) is 4.79 Å². The maximum absolute atomic E-state index is 13.0. The van der Waals surface area contributed by atoms with Crippen LogP contribution in [-0.4, -0.2) is 22.6 Å². The fourth-order valence-electron chi connectivity index (χ4n) is 2.80. The quantitative estimate of drug-likeness (QED) is 0.247. The molecule has 0 aliphatic carbocycles. The minimum Gasteiger partial charge on any atom is -0.443 e. The number of carbonyl (C=O) groups is 3. The van der Waals surface area contributed by atoms with Crippen molar-refractivity contribution in [2.45, 2.75) is 20.0 Å². The van der Waals surface area contributed by atoms with Crippen LogP contribution in [0.15, 0.2) is 60.7 Å². The Bertz CT molecular complexity index is 1160. The molecule has 0 spiro atoms. The first-order chi connectivity index (χ1) is 14.8. The molecule has 0 aliphatic rings. The lowest BCUT2D eigenvalue weighted by Crippen LogP contribution is -2.26. The molecule has 1 amide bonds. The molecule has 1 atom stereocenters. The number of Topliss-reactive ketones (excluding diaryl/α,β-unsaturated/α-hetero) is 1. The van der Waals surface area contributed by atoms with Crippen molar-refractivity contribution >= 4 is 40.4 Å². The van der Waals surface area contributed by atoms with Crippen molar-refractivity contribution in [1.29, 1.82) is 0 Å². The van der Waals surface area contributed by atoms with E-state index in [2.05, 4.69) is 5.32 Å². The van der Waals surface area contributed by atoms with Crippen molar-refractivity contribution in [3.8, 4) is 0 Å².